The van der Waals surface area contributed by atoms with Crippen molar-refractivity contribution in [3.05, 3.63) is 28.3 Å². The maximum Gasteiger partial charge on any atom is 0.152 e. The zero-order valence-electron chi connectivity index (χ0n) is 6.93. The Morgan fingerprint density at radius 2 is 2.15 bits per heavy atom. The van der Waals surface area contributed by atoms with Gasteiger partial charge < -0.3 is 5.11 Å². The van der Waals surface area contributed by atoms with E-state index in [0.717, 1.165) is 0 Å². The molecule has 0 heterocycles. The van der Waals surface area contributed by atoms with Crippen LogP contribution in [0, 0.1) is 30.1 Å². The summed E-state index contributed by atoms with van der Waals surface area (Å²) in [7, 11) is 0. The highest BCUT2D eigenvalue weighted by atomic mass is 35.5. The fourth-order valence-electron chi connectivity index (χ4n) is 0.909. The lowest BCUT2D eigenvalue weighted by Crippen LogP contribution is -1.80. The normalized spacial score (nSPS) is 8.38. The van der Waals surface area contributed by atoms with Crippen molar-refractivity contribution in [3.8, 4) is 23.7 Å². The Hall–Kier alpha value is -1.64. The first-order valence-electron chi connectivity index (χ1n) is 3.54. The van der Waals surface area contributed by atoms with Crippen LogP contribution < -0.4 is 0 Å². The van der Waals surface area contributed by atoms with Crippen molar-refractivity contribution in [2.24, 2.45) is 0 Å². The smallest absolute Gasteiger partial charge is 0.152 e. The molecule has 0 spiro atoms. The zero-order valence-corrected chi connectivity index (χ0v) is 7.68. The van der Waals surface area contributed by atoms with Crippen LogP contribution in [-0.2, 0) is 0 Å². The van der Waals surface area contributed by atoms with Crippen LogP contribution in [0.1, 0.15) is 11.1 Å². The summed E-state index contributed by atoms with van der Waals surface area (Å²) < 4.78 is 0. The number of nitriles is 1. The van der Waals surface area contributed by atoms with Gasteiger partial charge in [-0.15, -0.1) is 0 Å². The van der Waals surface area contributed by atoms with Gasteiger partial charge in [-0.3, -0.25) is 0 Å². The van der Waals surface area contributed by atoms with Gasteiger partial charge in [0.05, 0.1) is 5.02 Å². The third kappa shape index (κ3) is 2.15. The average Bonchev–Trinajstić information content (AvgIpc) is 2.10. The summed E-state index contributed by atoms with van der Waals surface area (Å²) in [5.74, 6) is 4.91. The van der Waals surface area contributed by atoms with Crippen molar-refractivity contribution in [2.75, 3.05) is 0 Å². The van der Waals surface area contributed by atoms with Crippen LogP contribution in [-0.4, -0.2) is 5.11 Å². The number of halogens is 1. The van der Waals surface area contributed by atoms with Crippen LogP contribution >= 0.6 is 11.6 Å². The fraction of sp³-hybridized carbons (Fsp3) is 0.100. The molecule has 1 N–H and O–H groups in total. The largest absolute Gasteiger partial charge is 0.506 e. The predicted octanol–water partition coefficient (Wildman–Crippen LogP) is 2.23. The summed E-state index contributed by atoms with van der Waals surface area (Å²) in [5.41, 5.74) is 1.27. The van der Waals surface area contributed by atoms with E-state index in [0.29, 0.717) is 11.1 Å². The van der Waals surface area contributed by atoms with Crippen LogP contribution in [0.5, 0.6) is 5.75 Å². The first kappa shape index (κ1) is 9.45. The average molecular weight is 192 g/mol. The zero-order chi connectivity index (χ0) is 9.84. The van der Waals surface area contributed by atoms with Crippen molar-refractivity contribution in [2.45, 2.75) is 6.92 Å². The Morgan fingerprint density at radius 3 is 2.69 bits per heavy atom. The van der Waals surface area contributed by atoms with Gasteiger partial charge >= 0.3 is 0 Å². The Balaban J connectivity index is 3.23. The molecule has 0 saturated heterocycles. The molecular weight excluding hydrogens is 186 g/mol. The third-order valence-corrected chi connectivity index (χ3v) is 1.80. The van der Waals surface area contributed by atoms with Gasteiger partial charge in [-0.05, 0) is 24.6 Å². The molecule has 2 nitrogen and oxygen atoms in total. The molecule has 13 heavy (non-hydrogen) atoms. The standard InChI is InChI=1S/C10H6ClNO/c1-7-5-8(3-2-4-12)6-9(11)10(7)13/h5-6,13H,1H3. The molecule has 64 valence electrons. The van der Waals surface area contributed by atoms with Gasteiger partial charge in [0.1, 0.15) is 5.75 Å². The lowest BCUT2D eigenvalue weighted by Gasteiger charge is -2.01. The number of benzene rings is 1. The van der Waals surface area contributed by atoms with Gasteiger partial charge in [0.25, 0.3) is 0 Å². The van der Waals surface area contributed by atoms with Crippen molar-refractivity contribution >= 4 is 11.6 Å². The third-order valence-electron chi connectivity index (χ3n) is 1.52. The van der Waals surface area contributed by atoms with Crippen LogP contribution in [0.2, 0.25) is 5.02 Å². The number of phenolic OH excluding ortho intramolecular Hbond substituents is 1. The van der Waals surface area contributed by atoms with Crippen molar-refractivity contribution in [1.82, 2.24) is 0 Å². The Morgan fingerprint density at radius 1 is 1.46 bits per heavy atom. The van der Waals surface area contributed by atoms with Gasteiger partial charge in [-0.2, -0.15) is 5.26 Å². The molecule has 3 heteroatoms. The minimum Gasteiger partial charge on any atom is -0.506 e. The molecule has 1 rings (SSSR count). The monoisotopic (exact) mass is 191 g/mol. The van der Waals surface area contributed by atoms with E-state index >= 15 is 0 Å². The van der Waals surface area contributed by atoms with Crippen LogP contribution in [0.4, 0.5) is 0 Å². The molecule has 0 aliphatic heterocycles. The molecule has 0 aromatic heterocycles. The van der Waals surface area contributed by atoms with Gasteiger partial charge in [-0.25, -0.2) is 0 Å². The molecule has 0 radical (unpaired) electrons. The molecule has 0 atom stereocenters. The maximum absolute atomic E-state index is 9.31. The van der Waals surface area contributed by atoms with Crippen molar-refractivity contribution < 1.29 is 5.11 Å². The van der Waals surface area contributed by atoms with Gasteiger partial charge in [0, 0.05) is 11.5 Å². The van der Waals surface area contributed by atoms with Gasteiger partial charge in [-0.1, -0.05) is 17.5 Å². The molecule has 0 fully saturated rings. The number of hydrogen-bond donors (Lipinski definition) is 1. The van der Waals surface area contributed by atoms with Gasteiger partial charge in [0.2, 0.25) is 0 Å². The van der Waals surface area contributed by atoms with Crippen LogP contribution in [0.3, 0.4) is 0 Å². The summed E-state index contributed by atoms with van der Waals surface area (Å²) >= 11 is 5.70. The molecular formula is C10H6ClNO. The summed E-state index contributed by atoms with van der Waals surface area (Å²) in [5, 5.41) is 17.8. The summed E-state index contributed by atoms with van der Waals surface area (Å²) in [6.07, 6.45) is 0. The van der Waals surface area contributed by atoms with E-state index in [2.05, 4.69) is 11.8 Å². The van der Waals surface area contributed by atoms with Crippen molar-refractivity contribution in [1.29, 1.82) is 5.26 Å². The second kappa shape index (κ2) is 3.85. The highest BCUT2D eigenvalue weighted by Gasteiger charge is 2.02. The molecule has 0 saturated carbocycles. The SMILES string of the molecule is Cc1cc(C#CC#N)cc(Cl)c1O. The first-order valence-corrected chi connectivity index (χ1v) is 3.92. The second-order valence-electron chi connectivity index (χ2n) is 2.49. The number of aryl methyl sites for hydroxylation is 1. The molecule has 0 bridgehead atoms. The van der Waals surface area contributed by atoms with E-state index in [1.807, 2.05) is 0 Å². The number of phenols is 1. The molecule has 1 aromatic rings. The van der Waals surface area contributed by atoms with E-state index < -0.39 is 0 Å². The number of nitrogens with zero attached hydrogens (tertiary/aromatic N) is 1. The Kier molecular flexibility index (Phi) is 2.80. The molecule has 0 aliphatic rings. The van der Waals surface area contributed by atoms with Crippen LogP contribution in [0.15, 0.2) is 12.1 Å². The quantitative estimate of drug-likeness (QED) is 0.639. The lowest BCUT2D eigenvalue weighted by molar-refractivity contribution is 0.471. The summed E-state index contributed by atoms with van der Waals surface area (Å²) in [6, 6.07) is 4.90. The molecule has 0 unspecified atom stereocenters. The highest BCUT2D eigenvalue weighted by Crippen LogP contribution is 2.27. The predicted molar refractivity (Wildman–Crippen MR) is 50.3 cm³/mol. The minimum absolute atomic E-state index is 0.0594. The second-order valence-corrected chi connectivity index (χ2v) is 2.89. The molecule has 0 amide bonds. The summed E-state index contributed by atoms with van der Waals surface area (Å²) in [6.45, 7) is 1.72. The number of aromatic hydroxyl groups is 1. The fourth-order valence-corrected chi connectivity index (χ4v) is 1.18. The van der Waals surface area contributed by atoms with E-state index in [9.17, 15) is 5.11 Å². The Bertz CT molecular complexity index is 411. The Labute approximate surface area is 81.4 Å². The molecule has 1 aromatic carbocycles. The first-order chi connectivity index (χ1) is 6.15. The van der Waals surface area contributed by atoms with Crippen molar-refractivity contribution in [3.63, 3.8) is 0 Å². The van der Waals surface area contributed by atoms with E-state index in [-0.39, 0.29) is 10.8 Å². The lowest BCUT2D eigenvalue weighted by atomic mass is 10.1. The minimum atomic E-state index is 0.0594. The summed E-state index contributed by atoms with van der Waals surface area (Å²) in [4.78, 5) is 0. The highest BCUT2D eigenvalue weighted by molar-refractivity contribution is 6.32. The topological polar surface area (TPSA) is 44.0 Å². The number of rotatable bonds is 0. The maximum atomic E-state index is 9.31. The van der Waals surface area contributed by atoms with E-state index in [4.69, 9.17) is 16.9 Å². The molecule has 0 aliphatic carbocycles. The van der Waals surface area contributed by atoms with Gasteiger partial charge in [0.15, 0.2) is 6.07 Å². The van der Waals surface area contributed by atoms with E-state index in [1.165, 1.54) is 6.07 Å². The van der Waals surface area contributed by atoms with Crippen LogP contribution in [0.25, 0.3) is 0 Å². The number of hydrogen-bond acceptors (Lipinski definition) is 2. The van der Waals surface area contributed by atoms with E-state index in [1.54, 1.807) is 19.1 Å².